The van der Waals surface area contributed by atoms with Crippen molar-refractivity contribution < 1.29 is 18.0 Å². The van der Waals surface area contributed by atoms with Crippen molar-refractivity contribution in [2.24, 2.45) is 0 Å². The van der Waals surface area contributed by atoms with Gasteiger partial charge in [-0.15, -0.1) is 0 Å². The standard InChI is InChI=1S/C14H10ClF3N2O/c15-11-5-4-8(6-10(11)14(16,17)18)20-12-2-1-3-13(21)9(12)7-19-20/h4-7H,1-3H2. The summed E-state index contributed by atoms with van der Waals surface area (Å²) in [5.74, 6) is -0.0208. The van der Waals surface area contributed by atoms with Gasteiger partial charge in [0, 0.05) is 6.42 Å². The Morgan fingerprint density at radius 3 is 2.71 bits per heavy atom. The van der Waals surface area contributed by atoms with Crippen LogP contribution < -0.4 is 0 Å². The predicted octanol–water partition coefficient (Wildman–Crippen LogP) is 4.06. The van der Waals surface area contributed by atoms with Crippen LogP contribution in [0.25, 0.3) is 5.69 Å². The Bertz CT molecular complexity index is 721. The molecule has 1 aliphatic rings. The lowest BCUT2D eigenvalue weighted by Gasteiger charge is -2.15. The van der Waals surface area contributed by atoms with Crippen molar-refractivity contribution in [1.29, 1.82) is 0 Å². The van der Waals surface area contributed by atoms with Crippen LogP contribution in [0, 0.1) is 0 Å². The molecule has 0 amide bonds. The number of nitrogens with zero attached hydrogens (tertiary/aromatic N) is 2. The summed E-state index contributed by atoms with van der Waals surface area (Å²) in [5, 5.41) is 3.70. The molecular formula is C14H10ClF3N2O. The number of benzene rings is 1. The molecule has 0 radical (unpaired) electrons. The second kappa shape index (κ2) is 4.87. The first kappa shape index (κ1) is 14.1. The van der Waals surface area contributed by atoms with E-state index in [-0.39, 0.29) is 16.5 Å². The molecule has 0 saturated heterocycles. The Morgan fingerprint density at radius 2 is 2.00 bits per heavy atom. The number of fused-ring (bicyclic) bond motifs is 1. The fourth-order valence-corrected chi connectivity index (χ4v) is 2.71. The molecule has 1 aliphatic carbocycles. The number of alkyl halides is 3. The number of rotatable bonds is 1. The number of carbonyl (C=O) groups is 1. The molecule has 7 heteroatoms. The fraction of sp³-hybridized carbons (Fsp3) is 0.286. The van der Waals surface area contributed by atoms with Crippen LogP contribution in [0.15, 0.2) is 24.4 Å². The van der Waals surface area contributed by atoms with Gasteiger partial charge in [0.2, 0.25) is 0 Å². The summed E-state index contributed by atoms with van der Waals surface area (Å²) in [6, 6.07) is 3.61. The van der Waals surface area contributed by atoms with Crippen molar-refractivity contribution in [3.63, 3.8) is 0 Å². The van der Waals surface area contributed by atoms with E-state index < -0.39 is 11.7 Å². The van der Waals surface area contributed by atoms with Gasteiger partial charge in [-0.25, -0.2) is 4.68 Å². The number of halogens is 4. The molecule has 0 saturated carbocycles. The Balaban J connectivity index is 2.12. The van der Waals surface area contributed by atoms with Gasteiger partial charge in [-0.3, -0.25) is 4.79 Å². The zero-order valence-corrected chi connectivity index (χ0v) is 11.5. The highest BCUT2D eigenvalue weighted by molar-refractivity contribution is 6.31. The first-order chi connectivity index (χ1) is 9.88. The van der Waals surface area contributed by atoms with Crippen molar-refractivity contribution in [3.05, 3.63) is 46.2 Å². The molecule has 21 heavy (non-hydrogen) atoms. The molecule has 1 heterocycles. The minimum atomic E-state index is -4.53. The second-order valence-electron chi connectivity index (χ2n) is 4.86. The number of aromatic nitrogens is 2. The smallest absolute Gasteiger partial charge is 0.294 e. The molecule has 0 aliphatic heterocycles. The lowest BCUT2D eigenvalue weighted by molar-refractivity contribution is -0.137. The maximum Gasteiger partial charge on any atom is 0.417 e. The summed E-state index contributed by atoms with van der Waals surface area (Å²) in [6.07, 6.45) is -1.37. The van der Waals surface area contributed by atoms with Crippen molar-refractivity contribution in [2.45, 2.75) is 25.4 Å². The van der Waals surface area contributed by atoms with Crippen LogP contribution in [0.1, 0.15) is 34.5 Å². The highest BCUT2D eigenvalue weighted by Gasteiger charge is 2.34. The van der Waals surface area contributed by atoms with Crippen LogP contribution >= 0.6 is 11.6 Å². The van der Waals surface area contributed by atoms with E-state index in [9.17, 15) is 18.0 Å². The van der Waals surface area contributed by atoms with Gasteiger partial charge < -0.3 is 0 Å². The predicted molar refractivity (Wildman–Crippen MR) is 70.8 cm³/mol. The lowest BCUT2D eigenvalue weighted by atomic mass is 9.97. The van der Waals surface area contributed by atoms with Crippen molar-refractivity contribution in [3.8, 4) is 5.69 Å². The van der Waals surface area contributed by atoms with E-state index in [0.717, 1.165) is 6.07 Å². The Labute approximate surface area is 123 Å². The molecule has 0 fully saturated rings. The molecule has 1 aromatic carbocycles. The Kier molecular flexibility index (Phi) is 3.28. The van der Waals surface area contributed by atoms with E-state index in [1.165, 1.54) is 23.0 Å². The minimum absolute atomic E-state index is 0.0208. The highest BCUT2D eigenvalue weighted by Crippen LogP contribution is 2.36. The summed E-state index contributed by atoms with van der Waals surface area (Å²) in [7, 11) is 0. The molecule has 0 atom stereocenters. The van der Waals surface area contributed by atoms with Crippen molar-refractivity contribution >= 4 is 17.4 Å². The second-order valence-corrected chi connectivity index (χ2v) is 5.26. The Hall–Kier alpha value is -1.82. The average Bonchev–Trinajstić information content (AvgIpc) is 2.83. The quantitative estimate of drug-likeness (QED) is 0.795. The van der Waals surface area contributed by atoms with Crippen LogP contribution in [0.5, 0.6) is 0 Å². The molecule has 0 N–H and O–H groups in total. The van der Waals surface area contributed by atoms with Gasteiger partial charge in [0.25, 0.3) is 0 Å². The van der Waals surface area contributed by atoms with Gasteiger partial charge in [-0.05, 0) is 31.0 Å². The van der Waals surface area contributed by atoms with Gasteiger partial charge in [-0.1, -0.05) is 11.6 Å². The molecule has 0 unspecified atom stereocenters. The van der Waals surface area contributed by atoms with Crippen molar-refractivity contribution in [2.75, 3.05) is 0 Å². The Morgan fingerprint density at radius 1 is 1.24 bits per heavy atom. The maximum atomic E-state index is 12.9. The summed E-state index contributed by atoms with van der Waals surface area (Å²) in [4.78, 5) is 11.8. The van der Waals surface area contributed by atoms with Crippen LogP contribution in [-0.4, -0.2) is 15.6 Å². The molecule has 0 bridgehead atoms. The number of ketones is 1. The lowest BCUT2D eigenvalue weighted by Crippen LogP contribution is -2.13. The van der Waals surface area contributed by atoms with Crippen LogP contribution in [0.2, 0.25) is 5.02 Å². The van der Waals surface area contributed by atoms with E-state index in [4.69, 9.17) is 11.6 Å². The van der Waals surface area contributed by atoms with Gasteiger partial charge in [0.15, 0.2) is 5.78 Å². The molecule has 0 spiro atoms. The van der Waals surface area contributed by atoms with Gasteiger partial charge >= 0.3 is 6.18 Å². The molecule has 110 valence electrons. The van der Waals surface area contributed by atoms with Gasteiger partial charge in [-0.2, -0.15) is 18.3 Å². The van der Waals surface area contributed by atoms with E-state index in [1.807, 2.05) is 0 Å². The van der Waals surface area contributed by atoms with E-state index in [1.54, 1.807) is 0 Å². The number of Topliss-reactive ketones (excluding diaryl/α,β-unsaturated/α-hetero) is 1. The topological polar surface area (TPSA) is 34.9 Å². The van der Waals surface area contributed by atoms with E-state index >= 15 is 0 Å². The summed E-state index contributed by atoms with van der Waals surface area (Å²) >= 11 is 5.61. The molecule has 2 aromatic rings. The summed E-state index contributed by atoms with van der Waals surface area (Å²) < 4.78 is 40.1. The monoisotopic (exact) mass is 314 g/mol. The first-order valence-electron chi connectivity index (χ1n) is 6.35. The average molecular weight is 315 g/mol. The molecular weight excluding hydrogens is 305 g/mol. The largest absolute Gasteiger partial charge is 0.417 e. The normalized spacial score (nSPS) is 15.1. The molecule has 3 nitrogen and oxygen atoms in total. The SMILES string of the molecule is O=C1CCCc2c1cnn2-c1ccc(Cl)c(C(F)(F)F)c1. The van der Waals surface area contributed by atoms with Crippen LogP contribution in [-0.2, 0) is 12.6 Å². The third-order valence-electron chi connectivity index (χ3n) is 3.49. The van der Waals surface area contributed by atoms with Crippen LogP contribution in [0.3, 0.4) is 0 Å². The molecule has 3 rings (SSSR count). The molecule has 1 aromatic heterocycles. The maximum absolute atomic E-state index is 12.9. The van der Waals surface area contributed by atoms with Gasteiger partial charge in [0.05, 0.1) is 33.7 Å². The van der Waals surface area contributed by atoms with E-state index in [0.29, 0.717) is 30.5 Å². The highest BCUT2D eigenvalue weighted by atomic mass is 35.5. The number of carbonyl (C=O) groups excluding carboxylic acids is 1. The third kappa shape index (κ3) is 2.44. The zero-order chi connectivity index (χ0) is 15.2. The summed E-state index contributed by atoms with van der Waals surface area (Å²) in [5.41, 5.74) is 0.488. The van der Waals surface area contributed by atoms with Crippen LogP contribution in [0.4, 0.5) is 13.2 Å². The van der Waals surface area contributed by atoms with Gasteiger partial charge in [0.1, 0.15) is 0 Å². The first-order valence-corrected chi connectivity index (χ1v) is 6.73. The third-order valence-corrected chi connectivity index (χ3v) is 3.82. The van der Waals surface area contributed by atoms with Crippen molar-refractivity contribution in [1.82, 2.24) is 9.78 Å². The minimum Gasteiger partial charge on any atom is -0.294 e. The zero-order valence-electron chi connectivity index (χ0n) is 10.7. The summed E-state index contributed by atoms with van der Waals surface area (Å²) in [6.45, 7) is 0. The van der Waals surface area contributed by atoms with E-state index in [2.05, 4.69) is 5.10 Å². The number of hydrogen-bond donors (Lipinski definition) is 0. The fourth-order valence-electron chi connectivity index (χ4n) is 2.48. The number of hydrogen-bond acceptors (Lipinski definition) is 2.